The summed E-state index contributed by atoms with van der Waals surface area (Å²) in [6.07, 6.45) is 1.70. The lowest BCUT2D eigenvalue weighted by Gasteiger charge is -2.10. The minimum Gasteiger partial charge on any atom is -0.456 e. The number of aromatic nitrogens is 1. The van der Waals surface area contributed by atoms with E-state index < -0.39 is 0 Å². The lowest BCUT2D eigenvalue weighted by molar-refractivity contribution is 0.478. The van der Waals surface area contributed by atoms with E-state index in [1.54, 1.807) is 6.20 Å². The average molecular weight is 321 g/mol. The molecule has 0 aliphatic carbocycles. The highest BCUT2D eigenvalue weighted by Crippen LogP contribution is 2.29. The molecule has 2 aromatic rings. The highest BCUT2D eigenvalue weighted by molar-refractivity contribution is 9.10. The van der Waals surface area contributed by atoms with Gasteiger partial charge < -0.3 is 10.5 Å². The Morgan fingerprint density at radius 1 is 1.16 bits per heavy atom. The molecule has 19 heavy (non-hydrogen) atoms. The van der Waals surface area contributed by atoms with E-state index in [9.17, 15) is 0 Å². The van der Waals surface area contributed by atoms with Crippen molar-refractivity contribution in [2.24, 2.45) is 5.73 Å². The zero-order chi connectivity index (χ0) is 14.0. The summed E-state index contributed by atoms with van der Waals surface area (Å²) in [4.78, 5) is 4.28. The van der Waals surface area contributed by atoms with Crippen molar-refractivity contribution >= 4 is 15.9 Å². The Balaban J connectivity index is 2.21. The van der Waals surface area contributed by atoms with Crippen LogP contribution in [0.25, 0.3) is 0 Å². The van der Waals surface area contributed by atoms with Crippen LogP contribution in [0.3, 0.4) is 0 Å². The second-order valence-corrected chi connectivity index (χ2v) is 5.47. The van der Waals surface area contributed by atoms with Crippen LogP contribution in [0, 0.1) is 13.8 Å². The molecule has 100 valence electrons. The smallest absolute Gasteiger partial charge is 0.145 e. The molecule has 0 bridgehead atoms. The number of hydrogen-bond acceptors (Lipinski definition) is 3. The minimum absolute atomic E-state index is 0.0637. The molecule has 0 saturated heterocycles. The molecule has 0 spiro atoms. The maximum absolute atomic E-state index is 5.81. The maximum Gasteiger partial charge on any atom is 0.145 e. The summed E-state index contributed by atoms with van der Waals surface area (Å²) in [5.41, 5.74) is 8.92. The molecule has 1 heterocycles. The van der Waals surface area contributed by atoms with Crippen LogP contribution in [-0.2, 0) is 0 Å². The predicted molar refractivity (Wildman–Crippen MR) is 80.5 cm³/mol. The third kappa shape index (κ3) is 3.33. The van der Waals surface area contributed by atoms with Crippen molar-refractivity contribution in [3.8, 4) is 11.5 Å². The summed E-state index contributed by atoms with van der Waals surface area (Å²) in [7, 11) is 0. The number of halogens is 1. The van der Waals surface area contributed by atoms with Crippen LogP contribution in [0.15, 0.2) is 34.9 Å². The largest absolute Gasteiger partial charge is 0.456 e. The third-order valence-corrected chi connectivity index (χ3v) is 4.12. The molecular formula is C15H17BrN2O. The summed E-state index contributed by atoms with van der Waals surface area (Å²) in [5.74, 6) is 1.53. The molecule has 3 nitrogen and oxygen atoms in total. The molecular weight excluding hydrogens is 304 g/mol. The number of rotatable bonds is 3. The van der Waals surface area contributed by atoms with Gasteiger partial charge in [0.15, 0.2) is 0 Å². The van der Waals surface area contributed by atoms with Gasteiger partial charge in [-0.3, -0.25) is 4.98 Å². The molecule has 0 aliphatic heterocycles. The zero-order valence-electron chi connectivity index (χ0n) is 11.3. The summed E-state index contributed by atoms with van der Waals surface area (Å²) < 4.78 is 6.92. The molecule has 1 aromatic carbocycles. The highest BCUT2D eigenvalue weighted by atomic mass is 79.9. The van der Waals surface area contributed by atoms with Crippen molar-refractivity contribution < 1.29 is 4.74 Å². The first-order chi connectivity index (χ1) is 8.97. The first kappa shape index (κ1) is 14.0. The molecule has 2 rings (SSSR count). The number of nitrogens with two attached hydrogens (primary N) is 1. The molecule has 2 N–H and O–H groups in total. The van der Waals surface area contributed by atoms with Crippen LogP contribution in [0.4, 0.5) is 0 Å². The van der Waals surface area contributed by atoms with E-state index in [2.05, 4.69) is 20.9 Å². The number of nitrogens with zero attached hydrogens (tertiary/aromatic N) is 1. The Morgan fingerprint density at radius 3 is 2.26 bits per heavy atom. The van der Waals surface area contributed by atoms with Crippen molar-refractivity contribution in [3.63, 3.8) is 0 Å². The molecule has 0 aliphatic rings. The Labute approximate surface area is 121 Å². The molecule has 1 atom stereocenters. The lowest BCUT2D eigenvalue weighted by atomic mass is 10.1. The predicted octanol–water partition coefficient (Wildman–Crippen LogP) is 4.27. The lowest BCUT2D eigenvalue weighted by Crippen LogP contribution is -2.06. The van der Waals surface area contributed by atoms with E-state index in [4.69, 9.17) is 10.5 Å². The van der Waals surface area contributed by atoms with E-state index in [0.717, 1.165) is 27.0 Å². The van der Waals surface area contributed by atoms with Crippen LogP contribution in [0.5, 0.6) is 11.5 Å². The number of hydrogen-bond donors (Lipinski definition) is 1. The van der Waals surface area contributed by atoms with E-state index >= 15 is 0 Å². The summed E-state index contributed by atoms with van der Waals surface area (Å²) in [5, 5.41) is 0. The monoisotopic (exact) mass is 320 g/mol. The van der Waals surface area contributed by atoms with Gasteiger partial charge in [-0.05, 0) is 56.2 Å². The standard InChI is InChI=1S/C15H17BrN2O/c1-9-6-13(7-10(2)15(9)16)19-12-4-5-14(11(3)17)18-8-12/h4-8,11H,17H2,1-3H3/t11-/m0/s1. The number of aryl methyl sites for hydroxylation is 2. The fraction of sp³-hybridized carbons (Fsp3) is 0.267. The fourth-order valence-electron chi connectivity index (χ4n) is 1.82. The van der Waals surface area contributed by atoms with Gasteiger partial charge in [0.05, 0.1) is 11.9 Å². The fourth-order valence-corrected chi connectivity index (χ4v) is 2.05. The minimum atomic E-state index is -0.0637. The Kier molecular flexibility index (Phi) is 4.22. The number of ether oxygens (including phenoxy) is 1. The van der Waals surface area contributed by atoms with E-state index in [1.165, 1.54) is 0 Å². The van der Waals surface area contributed by atoms with Gasteiger partial charge in [0.25, 0.3) is 0 Å². The van der Waals surface area contributed by atoms with E-state index in [1.807, 2.05) is 45.0 Å². The Morgan fingerprint density at radius 2 is 1.79 bits per heavy atom. The first-order valence-corrected chi connectivity index (χ1v) is 6.93. The van der Waals surface area contributed by atoms with Gasteiger partial charge in [-0.1, -0.05) is 15.9 Å². The number of benzene rings is 1. The van der Waals surface area contributed by atoms with Gasteiger partial charge >= 0.3 is 0 Å². The van der Waals surface area contributed by atoms with Gasteiger partial charge in [-0.25, -0.2) is 0 Å². The van der Waals surface area contributed by atoms with Gasteiger partial charge in [0, 0.05) is 10.5 Å². The summed E-state index contributed by atoms with van der Waals surface area (Å²) in [6, 6.07) is 7.70. The second kappa shape index (κ2) is 5.72. The summed E-state index contributed by atoms with van der Waals surface area (Å²) in [6.45, 7) is 5.99. The normalized spacial score (nSPS) is 12.3. The Bertz CT molecular complexity index is 556. The van der Waals surface area contributed by atoms with Crippen LogP contribution in [-0.4, -0.2) is 4.98 Å². The second-order valence-electron chi connectivity index (χ2n) is 4.68. The third-order valence-electron chi connectivity index (χ3n) is 2.87. The maximum atomic E-state index is 5.81. The first-order valence-electron chi connectivity index (χ1n) is 6.13. The van der Waals surface area contributed by atoms with E-state index in [-0.39, 0.29) is 6.04 Å². The zero-order valence-corrected chi connectivity index (χ0v) is 12.9. The molecule has 4 heteroatoms. The summed E-state index contributed by atoms with van der Waals surface area (Å²) >= 11 is 3.54. The van der Waals surface area contributed by atoms with Crippen LogP contribution < -0.4 is 10.5 Å². The molecule has 0 saturated carbocycles. The van der Waals surface area contributed by atoms with Crippen molar-refractivity contribution in [2.45, 2.75) is 26.8 Å². The quantitative estimate of drug-likeness (QED) is 0.918. The molecule has 1 aromatic heterocycles. The van der Waals surface area contributed by atoms with Crippen molar-refractivity contribution in [2.75, 3.05) is 0 Å². The van der Waals surface area contributed by atoms with Gasteiger partial charge in [0.2, 0.25) is 0 Å². The topological polar surface area (TPSA) is 48.1 Å². The molecule has 0 unspecified atom stereocenters. The average Bonchev–Trinajstić information content (AvgIpc) is 2.36. The van der Waals surface area contributed by atoms with Crippen molar-refractivity contribution in [1.82, 2.24) is 4.98 Å². The van der Waals surface area contributed by atoms with Crippen molar-refractivity contribution in [3.05, 3.63) is 51.8 Å². The number of pyridine rings is 1. The van der Waals surface area contributed by atoms with Gasteiger partial charge in [-0.15, -0.1) is 0 Å². The van der Waals surface area contributed by atoms with Gasteiger partial charge in [-0.2, -0.15) is 0 Å². The van der Waals surface area contributed by atoms with Gasteiger partial charge in [0.1, 0.15) is 11.5 Å². The molecule has 0 radical (unpaired) electrons. The molecule has 0 amide bonds. The van der Waals surface area contributed by atoms with Crippen LogP contribution >= 0.6 is 15.9 Å². The van der Waals surface area contributed by atoms with Crippen LogP contribution in [0.1, 0.15) is 29.8 Å². The Hall–Kier alpha value is -1.39. The highest BCUT2D eigenvalue weighted by Gasteiger charge is 2.05. The van der Waals surface area contributed by atoms with Crippen LogP contribution in [0.2, 0.25) is 0 Å². The van der Waals surface area contributed by atoms with Crippen molar-refractivity contribution in [1.29, 1.82) is 0 Å². The SMILES string of the molecule is Cc1cc(Oc2ccc([C@H](C)N)nc2)cc(C)c1Br. The molecule has 0 fully saturated rings. The van der Waals surface area contributed by atoms with E-state index in [0.29, 0.717) is 5.75 Å².